The molecule has 1 amide bonds. The fourth-order valence-electron chi connectivity index (χ4n) is 3.01. The van der Waals surface area contributed by atoms with Crippen LogP contribution in [0, 0.1) is 13.8 Å². The summed E-state index contributed by atoms with van der Waals surface area (Å²) in [6.45, 7) is 3.71. The predicted octanol–water partition coefficient (Wildman–Crippen LogP) is 4.15. The Kier molecular flexibility index (Phi) is 6.42. The molecule has 6 nitrogen and oxygen atoms in total. The van der Waals surface area contributed by atoms with Crippen LogP contribution in [0.5, 0.6) is 5.75 Å². The first-order valence-electron chi connectivity index (χ1n) is 9.42. The number of carbonyl (C=O) groups excluding carboxylic acids is 1. The van der Waals surface area contributed by atoms with Crippen LogP contribution in [0.3, 0.4) is 0 Å². The molecular formula is C23H24N2O4S. The number of hydrogen-bond donors (Lipinski definition) is 1. The zero-order valence-electron chi connectivity index (χ0n) is 17.1. The molecule has 0 atom stereocenters. The third kappa shape index (κ3) is 4.80. The Morgan fingerprint density at radius 2 is 1.50 bits per heavy atom. The van der Waals surface area contributed by atoms with Crippen molar-refractivity contribution in [1.82, 2.24) is 0 Å². The number of sulfonamides is 1. The minimum atomic E-state index is -3.70. The van der Waals surface area contributed by atoms with Gasteiger partial charge in [0.1, 0.15) is 5.75 Å². The van der Waals surface area contributed by atoms with Crippen LogP contribution in [0.2, 0.25) is 0 Å². The summed E-state index contributed by atoms with van der Waals surface area (Å²) in [5.74, 6) is 0.368. The second-order valence-corrected chi connectivity index (χ2v) is 8.86. The Morgan fingerprint density at radius 1 is 0.900 bits per heavy atom. The van der Waals surface area contributed by atoms with Gasteiger partial charge in [0, 0.05) is 12.7 Å². The molecular weight excluding hydrogens is 400 g/mol. The molecule has 0 heterocycles. The monoisotopic (exact) mass is 424 g/mol. The molecule has 3 aromatic carbocycles. The van der Waals surface area contributed by atoms with Crippen molar-refractivity contribution in [1.29, 1.82) is 0 Å². The van der Waals surface area contributed by atoms with Gasteiger partial charge < -0.3 is 10.1 Å². The maximum Gasteiger partial charge on any atom is 0.264 e. The Morgan fingerprint density at radius 3 is 2.10 bits per heavy atom. The van der Waals surface area contributed by atoms with Gasteiger partial charge in [-0.1, -0.05) is 36.4 Å². The standard InChI is InChI=1S/C23H24N2O4S/c1-17-8-7-9-18(2)23(17)29-16-22(26)24-19-12-14-21(15-13-19)30(27,28)25(3)20-10-5-4-6-11-20/h4-15H,16H2,1-3H3,(H,24,26). The summed E-state index contributed by atoms with van der Waals surface area (Å²) >= 11 is 0. The SMILES string of the molecule is Cc1cccc(C)c1OCC(=O)Nc1ccc(S(=O)(=O)N(C)c2ccccc2)cc1. The fraction of sp³-hybridized carbons (Fsp3) is 0.174. The first kappa shape index (κ1) is 21.4. The number of hydrogen-bond acceptors (Lipinski definition) is 4. The number of nitrogens with zero attached hydrogens (tertiary/aromatic N) is 1. The van der Waals surface area contributed by atoms with E-state index in [9.17, 15) is 13.2 Å². The summed E-state index contributed by atoms with van der Waals surface area (Å²) < 4.78 is 32.5. The van der Waals surface area contributed by atoms with E-state index in [1.165, 1.54) is 23.5 Å². The molecule has 1 N–H and O–H groups in total. The van der Waals surface area contributed by atoms with Crippen molar-refractivity contribution in [3.63, 3.8) is 0 Å². The first-order chi connectivity index (χ1) is 14.3. The van der Waals surface area contributed by atoms with E-state index in [2.05, 4.69) is 5.32 Å². The lowest BCUT2D eigenvalue weighted by Crippen LogP contribution is -2.26. The number of amides is 1. The fourth-order valence-corrected chi connectivity index (χ4v) is 4.20. The van der Waals surface area contributed by atoms with Gasteiger partial charge in [0.2, 0.25) is 0 Å². The van der Waals surface area contributed by atoms with Gasteiger partial charge in [0.25, 0.3) is 15.9 Å². The average molecular weight is 425 g/mol. The number of nitrogens with one attached hydrogen (secondary N) is 1. The summed E-state index contributed by atoms with van der Waals surface area (Å²) in [5.41, 5.74) is 2.98. The largest absolute Gasteiger partial charge is 0.483 e. The highest BCUT2D eigenvalue weighted by Gasteiger charge is 2.21. The van der Waals surface area contributed by atoms with Crippen LogP contribution in [0.4, 0.5) is 11.4 Å². The van der Waals surface area contributed by atoms with Crippen LogP contribution in [0.1, 0.15) is 11.1 Å². The van der Waals surface area contributed by atoms with Gasteiger partial charge in [-0.3, -0.25) is 9.10 Å². The predicted molar refractivity (Wildman–Crippen MR) is 119 cm³/mol. The van der Waals surface area contributed by atoms with E-state index in [1.807, 2.05) is 38.1 Å². The number of ether oxygens (including phenoxy) is 1. The Balaban J connectivity index is 1.65. The van der Waals surface area contributed by atoms with Crippen molar-refractivity contribution in [3.05, 3.63) is 83.9 Å². The van der Waals surface area contributed by atoms with Crippen LogP contribution in [0.15, 0.2) is 77.7 Å². The minimum absolute atomic E-state index is 0.136. The molecule has 0 aromatic heterocycles. The molecule has 0 bridgehead atoms. The van der Waals surface area contributed by atoms with Crippen molar-refractivity contribution >= 4 is 27.3 Å². The van der Waals surface area contributed by atoms with Gasteiger partial charge in [-0.05, 0) is 61.4 Å². The maximum absolute atomic E-state index is 12.8. The summed E-state index contributed by atoms with van der Waals surface area (Å²) in [7, 11) is -2.19. The van der Waals surface area contributed by atoms with Gasteiger partial charge >= 0.3 is 0 Å². The number of benzene rings is 3. The summed E-state index contributed by atoms with van der Waals surface area (Å²) in [6, 6.07) is 20.7. The zero-order valence-corrected chi connectivity index (χ0v) is 17.9. The first-order valence-corrected chi connectivity index (χ1v) is 10.9. The van der Waals surface area contributed by atoms with Crippen molar-refractivity contribution < 1.29 is 17.9 Å². The van der Waals surface area contributed by atoms with Gasteiger partial charge in [-0.25, -0.2) is 8.42 Å². The topological polar surface area (TPSA) is 75.7 Å². The van der Waals surface area contributed by atoms with E-state index in [1.54, 1.807) is 36.4 Å². The second kappa shape index (κ2) is 9.00. The highest BCUT2D eigenvalue weighted by Crippen LogP contribution is 2.24. The lowest BCUT2D eigenvalue weighted by molar-refractivity contribution is -0.118. The quantitative estimate of drug-likeness (QED) is 0.618. The smallest absolute Gasteiger partial charge is 0.264 e. The summed E-state index contributed by atoms with van der Waals surface area (Å²) in [4.78, 5) is 12.4. The molecule has 0 aliphatic rings. The normalized spacial score (nSPS) is 11.0. The highest BCUT2D eigenvalue weighted by atomic mass is 32.2. The number of aryl methyl sites for hydroxylation is 2. The second-order valence-electron chi connectivity index (χ2n) is 6.89. The van der Waals surface area contributed by atoms with E-state index < -0.39 is 10.0 Å². The van der Waals surface area contributed by atoms with E-state index in [0.29, 0.717) is 17.1 Å². The third-order valence-electron chi connectivity index (χ3n) is 4.67. The Labute approximate surface area is 177 Å². The van der Waals surface area contributed by atoms with Crippen molar-refractivity contribution in [2.24, 2.45) is 0 Å². The molecule has 7 heteroatoms. The van der Waals surface area contributed by atoms with Crippen molar-refractivity contribution in [2.75, 3.05) is 23.3 Å². The van der Waals surface area contributed by atoms with Crippen LogP contribution in [-0.4, -0.2) is 28.0 Å². The molecule has 30 heavy (non-hydrogen) atoms. The minimum Gasteiger partial charge on any atom is -0.483 e. The number of anilines is 2. The third-order valence-corrected chi connectivity index (χ3v) is 6.47. The molecule has 0 saturated heterocycles. The molecule has 0 aliphatic heterocycles. The zero-order chi connectivity index (χ0) is 21.7. The molecule has 3 aromatic rings. The lowest BCUT2D eigenvalue weighted by Gasteiger charge is -2.19. The summed E-state index contributed by atoms with van der Waals surface area (Å²) in [5, 5.41) is 2.72. The number of rotatable bonds is 7. The average Bonchev–Trinajstić information content (AvgIpc) is 2.74. The van der Waals surface area contributed by atoms with Crippen LogP contribution in [-0.2, 0) is 14.8 Å². The highest BCUT2D eigenvalue weighted by molar-refractivity contribution is 7.92. The molecule has 3 rings (SSSR count). The van der Waals surface area contributed by atoms with Gasteiger partial charge in [-0.2, -0.15) is 0 Å². The van der Waals surface area contributed by atoms with Gasteiger partial charge in [0.05, 0.1) is 10.6 Å². The number of carbonyl (C=O) groups is 1. The van der Waals surface area contributed by atoms with E-state index in [-0.39, 0.29) is 17.4 Å². The van der Waals surface area contributed by atoms with Crippen LogP contribution in [0.25, 0.3) is 0 Å². The molecule has 0 aliphatic carbocycles. The maximum atomic E-state index is 12.8. The lowest BCUT2D eigenvalue weighted by atomic mass is 10.1. The van der Waals surface area contributed by atoms with Gasteiger partial charge in [0.15, 0.2) is 6.61 Å². The Hall–Kier alpha value is -3.32. The molecule has 0 saturated carbocycles. The van der Waals surface area contributed by atoms with Crippen LogP contribution >= 0.6 is 0 Å². The van der Waals surface area contributed by atoms with E-state index in [0.717, 1.165) is 11.1 Å². The van der Waals surface area contributed by atoms with E-state index in [4.69, 9.17) is 4.74 Å². The summed E-state index contributed by atoms with van der Waals surface area (Å²) in [6.07, 6.45) is 0. The van der Waals surface area contributed by atoms with E-state index >= 15 is 0 Å². The van der Waals surface area contributed by atoms with Crippen molar-refractivity contribution in [3.8, 4) is 5.75 Å². The molecule has 0 spiro atoms. The molecule has 0 unspecified atom stereocenters. The Bertz CT molecular complexity index is 1110. The number of para-hydroxylation sites is 2. The van der Waals surface area contributed by atoms with Gasteiger partial charge in [-0.15, -0.1) is 0 Å². The van der Waals surface area contributed by atoms with Crippen molar-refractivity contribution in [2.45, 2.75) is 18.7 Å². The van der Waals surface area contributed by atoms with Crippen LogP contribution < -0.4 is 14.4 Å². The molecule has 0 radical (unpaired) electrons. The molecule has 0 fully saturated rings. The molecule has 156 valence electrons.